The van der Waals surface area contributed by atoms with E-state index in [-0.39, 0.29) is 23.7 Å². The first kappa shape index (κ1) is 23.5. The Balaban J connectivity index is 1.60. The molecule has 0 radical (unpaired) electrons. The molecule has 4 rings (SSSR count). The highest BCUT2D eigenvalue weighted by molar-refractivity contribution is 14.1. The molecule has 2 aliphatic rings. The van der Waals surface area contributed by atoms with Gasteiger partial charge in [0.25, 0.3) is 0 Å². The van der Waals surface area contributed by atoms with Gasteiger partial charge >= 0.3 is 6.36 Å². The van der Waals surface area contributed by atoms with Crippen LogP contribution in [-0.4, -0.2) is 18.4 Å². The molecule has 8 heteroatoms. The highest BCUT2D eigenvalue weighted by Gasteiger charge is 2.33. The van der Waals surface area contributed by atoms with Crippen molar-refractivity contribution < 1.29 is 27.0 Å². The molecule has 0 saturated heterocycles. The smallest absolute Gasteiger partial charge is 0.472 e. The molecule has 2 atom stereocenters. The molecule has 0 spiro atoms. The largest absolute Gasteiger partial charge is 0.573 e. The molecule has 2 aromatic carbocycles. The number of aryl methyl sites for hydroxylation is 1. The Bertz CT molecular complexity index is 1180. The van der Waals surface area contributed by atoms with Crippen LogP contribution >= 0.6 is 22.6 Å². The lowest BCUT2D eigenvalue weighted by molar-refractivity contribution is -0.274. The Labute approximate surface area is 202 Å². The van der Waals surface area contributed by atoms with Crippen molar-refractivity contribution in [1.82, 2.24) is 0 Å². The summed E-state index contributed by atoms with van der Waals surface area (Å²) in [5, 5.41) is 0. The van der Waals surface area contributed by atoms with E-state index < -0.39 is 6.36 Å². The molecule has 0 N–H and O–H groups in total. The third kappa shape index (κ3) is 5.31. The number of aliphatic imine (C=N–C) groups is 1. The highest BCUT2D eigenvalue weighted by atomic mass is 127. The van der Waals surface area contributed by atoms with Crippen LogP contribution in [0.2, 0.25) is 0 Å². The van der Waals surface area contributed by atoms with E-state index in [9.17, 15) is 17.6 Å². The SMILES string of the molecule is Cc1cc(-c2ccc(OC(F)(F)F)cc2)ccc1[C@@H]1N=C(C2=C(F)C=CCC=C2I)O[C@H]1C. The average Bonchev–Trinajstić information content (AvgIpc) is 3.02. The Morgan fingerprint density at radius 1 is 1.09 bits per heavy atom. The summed E-state index contributed by atoms with van der Waals surface area (Å²) in [6.07, 6.45) is 0.757. The number of alkyl halides is 3. The number of ether oxygens (including phenoxy) is 2. The zero-order valence-electron chi connectivity index (χ0n) is 17.8. The van der Waals surface area contributed by atoms with Crippen molar-refractivity contribution in [3.8, 4) is 16.9 Å². The van der Waals surface area contributed by atoms with Gasteiger partial charge in [0.15, 0.2) is 0 Å². The summed E-state index contributed by atoms with van der Waals surface area (Å²) in [6, 6.07) is 11.2. The number of allylic oxidation sites excluding steroid dienone is 4. The van der Waals surface area contributed by atoms with Gasteiger partial charge in [-0.3, -0.25) is 0 Å². The molecule has 1 aliphatic carbocycles. The third-order valence-corrected chi connectivity index (χ3v) is 6.38. The lowest BCUT2D eigenvalue weighted by Crippen LogP contribution is -2.16. The summed E-state index contributed by atoms with van der Waals surface area (Å²) in [7, 11) is 0. The molecule has 0 amide bonds. The minimum Gasteiger partial charge on any atom is -0.472 e. The summed E-state index contributed by atoms with van der Waals surface area (Å²) < 4.78 is 62.4. The Hall–Kier alpha value is -2.62. The zero-order valence-corrected chi connectivity index (χ0v) is 19.9. The fourth-order valence-corrected chi connectivity index (χ4v) is 4.57. The summed E-state index contributed by atoms with van der Waals surface area (Å²) in [5.41, 5.74) is 3.88. The number of benzene rings is 2. The maximum atomic E-state index is 14.6. The molecule has 172 valence electrons. The van der Waals surface area contributed by atoms with Crippen LogP contribution < -0.4 is 4.74 Å². The van der Waals surface area contributed by atoms with Crippen LogP contribution in [0.3, 0.4) is 0 Å². The van der Waals surface area contributed by atoms with Crippen molar-refractivity contribution in [2.45, 2.75) is 38.8 Å². The molecule has 3 nitrogen and oxygen atoms in total. The Kier molecular flexibility index (Phi) is 6.65. The van der Waals surface area contributed by atoms with Crippen LogP contribution in [-0.2, 0) is 4.74 Å². The van der Waals surface area contributed by atoms with Gasteiger partial charge in [0.05, 0.1) is 5.57 Å². The monoisotopic (exact) mass is 569 g/mol. The molecule has 0 saturated carbocycles. The van der Waals surface area contributed by atoms with Gasteiger partial charge in [0, 0.05) is 3.58 Å². The second-order valence-electron chi connectivity index (χ2n) is 7.76. The quantitative estimate of drug-likeness (QED) is 0.277. The second-order valence-corrected chi connectivity index (χ2v) is 8.92. The first-order valence-electron chi connectivity index (χ1n) is 10.3. The van der Waals surface area contributed by atoms with Gasteiger partial charge in [0.2, 0.25) is 5.90 Å². The number of hydrogen-bond donors (Lipinski definition) is 0. The highest BCUT2D eigenvalue weighted by Crippen LogP contribution is 2.38. The van der Waals surface area contributed by atoms with Gasteiger partial charge in [0.1, 0.15) is 23.7 Å². The normalized spacial score (nSPS) is 20.8. The maximum absolute atomic E-state index is 14.6. The van der Waals surface area contributed by atoms with Crippen LogP contribution in [0.25, 0.3) is 11.1 Å². The van der Waals surface area contributed by atoms with Crippen LogP contribution in [0, 0.1) is 6.92 Å². The number of halogens is 5. The summed E-state index contributed by atoms with van der Waals surface area (Å²) in [4.78, 5) is 4.71. The lowest BCUT2D eigenvalue weighted by Gasteiger charge is -2.16. The van der Waals surface area contributed by atoms with Crippen molar-refractivity contribution in [1.29, 1.82) is 0 Å². The van der Waals surface area contributed by atoms with Crippen LogP contribution in [0.4, 0.5) is 17.6 Å². The maximum Gasteiger partial charge on any atom is 0.573 e. The minimum atomic E-state index is -4.72. The van der Waals surface area contributed by atoms with Gasteiger partial charge in [-0.1, -0.05) is 42.5 Å². The number of hydrogen-bond acceptors (Lipinski definition) is 3. The predicted octanol–water partition coefficient (Wildman–Crippen LogP) is 7.92. The van der Waals surface area contributed by atoms with Crippen LogP contribution in [0.5, 0.6) is 5.75 Å². The molecule has 0 unspecified atom stereocenters. The second kappa shape index (κ2) is 9.32. The van der Waals surface area contributed by atoms with E-state index in [1.165, 1.54) is 18.2 Å². The van der Waals surface area contributed by atoms with Gasteiger partial charge in [-0.05, 0) is 83.3 Å². The van der Waals surface area contributed by atoms with E-state index >= 15 is 0 Å². The first-order valence-corrected chi connectivity index (χ1v) is 11.3. The third-order valence-electron chi connectivity index (χ3n) is 5.40. The van der Waals surface area contributed by atoms with Gasteiger partial charge in [-0.2, -0.15) is 0 Å². The first-order chi connectivity index (χ1) is 15.6. The number of rotatable bonds is 4. The number of nitrogens with zero attached hydrogens (tertiary/aromatic N) is 1. The van der Waals surface area contributed by atoms with E-state index in [0.717, 1.165) is 25.8 Å². The lowest BCUT2D eigenvalue weighted by atomic mass is 9.94. The standard InChI is InChI=1S/C25H20F4INO2/c1-14-13-17(16-7-10-18(11-8-16)33-25(27,28)29)9-12-19(14)23-15(2)32-24(31-23)22-20(26)5-3-4-6-21(22)30/h3,5-13,15,23H,4H2,1-2H3/t15-,23+/m0/s1. The minimum absolute atomic E-state index is 0.267. The summed E-state index contributed by atoms with van der Waals surface area (Å²) in [6.45, 7) is 3.84. The molecular weight excluding hydrogens is 549 g/mol. The topological polar surface area (TPSA) is 30.8 Å². The van der Waals surface area contributed by atoms with Crippen molar-refractivity contribution in [2.24, 2.45) is 4.99 Å². The Morgan fingerprint density at radius 2 is 1.79 bits per heavy atom. The van der Waals surface area contributed by atoms with E-state index in [4.69, 9.17) is 9.73 Å². The molecule has 0 aromatic heterocycles. The zero-order chi connectivity index (χ0) is 23.8. The molecular formula is C25H20F4INO2. The summed E-state index contributed by atoms with van der Waals surface area (Å²) >= 11 is 2.10. The van der Waals surface area contributed by atoms with E-state index in [1.54, 1.807) is 18.2 Å². The summed E-state index contributed by atoms with van der Waals surface area (Å²) in [5.74, 6) is -0.345. The molecule has 2 aromatic rings. The fraction of sp³-hybridized carbons (Fsp3) is 0.240. The van der Waals surface area contributed by atoms with E-state index in [0.29, 0.717) is 17.9 Å². The van der Waals surface area contributed by atoms with Gasteiger partial charge in [-0.15, -0.1) is 13.2 Å². The predicted molar refractivity (Wildman–Crippen MR) is 128 cm³/mol. The van der Waals surface area contributed by atoms with Crippen molar-refractivity contribution in [3.63, 3.8) is 0 Å². The van der Waals surface area contributed by atoms with Crippen molar-refractivity contribution in [3.05, 3.63) is 86.8 Å². The molecule has 0 fully saturated rings. The fourth-order valence-electron chi connectivity index (χ4n) is 3.83. The van der Waals surface area contributed by atoms with Gasteiger partial charge in [-0.25, -0.2) is 9.38 Å². The van der Waals surface area contributed by atoms with E-state index in [2.05, 4.69) is 27.3 Å². The van der Waals surface area contributed by atoms with Gasteiger partial charge < -0.3 is 9.47 Å². The molecule has 33 heavy (non-hydrogen) atoms. The van der Waals surface area contributed by atoms with Crippen molar-refractivity contribution >= 4 is 28.5 Å². The van der Waals surface area contributed by atoms with E-state index in [1.807, 2.05) is 38.1 Å². The molecule has 1 aliphatic heterocycles. The molecule has 0 bridgehead atoms. The average molecular weight is 569 g/mol. The molecule has 1 heterocycles. The van der Waals surface area contributed by atoms with Crippen molar-refractivity contribution in [2.75, 3.05) is 0 Å². The van der Waals surface area contributed by atoms with Crippen LogP contribution in [0.15, 0.2) is 80.7 Å². The Morgan fingerprint density at radius 3 is 2.45 bits per heavy atom. The van der Waals surface area contributed by atoms with Crippen LogP contribution in [0.1, 0.15) is 30.5 Å².